The molecule has 40 heavy (non-hydrogen) atoms. The van der Waals surface area contributed by atoms with Gasteiger partial charge in [-0.05, 0) is 64.7 Å². The molecule has 200 valence electrons. The molecule has 0 saturated heterocycles. The number of fused-ring (bicyclic) bond motifs is 2. The van der Waals surface area contributed by atoms with Crippen LogP contribution in [0.3, 0.4) is 0 Å². The topological polar surface area (TPSA) is 105 Å². The molecule has 0 aliphatic carbocycles. The highest BCUT2D eigenvalue weighted by atomic mass is 16.6. The van der Waals surface area contributed by atoms with Crippen LogP contribution in [-0.2, 0) is 9.59 Å². The maximum Gasteiger partial charge on any atom is 0.313 e. The fourth-order valence-corrected chi connectivity index (χ4v) is 5.43. The molecule has 0 aromatic heterocycles. The number of carboxylic acid groups (broad SMARTS) is 1. The van der Waals surface area contributed by atoms with Crippen LogP contribution < -0.4 is 19.7 Å². The lowest BCUT2D eigenvalue weighted by Gasteiger charge is -2.41. The monoisotopic (exact) mass is 534 g/mol. The van der Waals surface area contributed by atoms with E-state index in [-0.39, 0.29) is 11.8 Å². The molecule has 2 atom stereocenters. The maximum atomic E-state index is 14.0. The third-order valence-corrected chi connectivity index (χ3v) is 7.20. The molecule has 0 radical (unpaired) electrons. The first-order valence-electron chi connectivity index (χ1n) is 12.9. The van der Waals surface area contributed by atoms with Gasteiger partial charge in [-0.25, -0.2) is 0 Å². The van der Waals surface area contributed by atoms with Gasteiger partial charge in [0.1, 0.15) is 19.1 Å². The van der Waals surface area contributed by atoms with Crippen molar-refractivity contribution in [2.24, 2.45) is 0 Å². The minimum atomic E-state index is -1.03. The number of aliphatic carboxylic acids is 1. The molecule has 0 bridgehead atoms. The van der Waals surface area contributed by atoms with Gasteiger partial charge in [-0.15, -0.1) is 0 Å². The summed E-state index contributed by atoms with van der Waals surface area (Å²) in [5, 5.41) is 13.2. The van der Waals surface area contributed by atoms with E-state index >= 15 is 0 Å². The number of hydrogen-bond acceptors (Lipinski definition) is 5. The number of amides is 2. The number of nitrogens with zero attached hydrogens (tertiary/aromatic N) is 1. The number of ether oxygens (including phenoxy) is 2. The second kappa shape index (κ2) is 10.2. The molecule has 0 fully saturated rings. The summed E-state index contributed by atoms with van der Waals surface area (Å²) in [6.45, 7) is 2.29. The highest BCUT2D eigenvalue weighted by Gasteiger charge is 2.45. The Kier molecular flexibility index (Phi) is 6.43. The Balaban J connectivity index is 1.43. The molecule has 2 N–H and O–H groups in total. The van der Waals surface area contributed by atoms with Gasteiger partial charge in [0, 0.05) is 23.9 Å². The van der Waals surface area contributed by atoms with Gasteiger partial charge in [-0.2, -0.15) is 0 Å². The van der Waals surface area contributed by atoms with E-state index in [0.717, 1.165) is 11.1 Å². The lowest BCUT2D eigenvalue weighted by Crippen LogP contribution is -2.45. The predicted octanol–water partition coefficient (Wildman–Crippen LogP) is 5.65. The van der Waals surface area contributed by atoms with Crippen LogP contribution in [0.4, 0.5) is 11.4 Å². The van der Waals surface area contributed by atoms with Crippen LogP contribution in [-0.4, -0.2) is 36.1 Å². The average molecular weight is 535 g/mol. The van der Waals surface area contributed by atoms with Gasteiger partial charge in [0.15, 0.2) is 11.5 Å². The van der Waals surface area contributed by atoms with Gasteiger partial charge >= 0.3 is 5.97 Å². The molecule has 0 spiro atoms. The molecule has 2 heterocycles. The van der Waals surface area contributed by atoms with Gasteiger partial charge in [0.25, 0.3) is 5.91 Å². The number of carboxylic acids is 1. The van der Waals surface area contributed by atoms with E-state index in [1.165, 1.54) is 6.92 Å². The van der Waals surface area contributed by atoms with Crippen LogP contribution in [0.15, 0.2) is 91.0 Å². The first-order valence-corrected chi connectivity index (χ1v) is 12.9. The zero-order valence-corrected chi connectivity index (χ0v) is 21.7. The molecule has 6 rings (SSSR count). The Labute approximate surface area is 230 Å². The summed E-state index contributed by atoms with van der Waals surface area (Å²) < 4.78 is 11.5. The summed E-state index contributed by atoms with van der Waals surface area (Å²) in [4.78, 5) is 39.7. The van der Waals surface area contributed by atoms with E-state index in [1.54, 1.807) is 47.4 Å². The van der Waals surface area contributed by atoms with Crippen LogP contribution in [0.5, 0.6) is 11.5 Å². The SMILES string of the molecule is CC(=O)Nc1ccc(-c2ccc(N3C(=O)c4ccccc4[C@@H](C(=O)O)[C@@H]3c3ccc4c(c3)OCCO4)cc2)cc1. The second-order valence-corrected chi connectivity index (χ2v) is 9.73. The van der Waals surface area contributed by atoms with Crippen molar-refractivity contribution < 1.29 is 29.0 Å². The molecule has 2 aliphatic heterocycles. The minimum absolute atomic E-state index is 0.142. The minimum Gasteiger partial charge on any atom is -0.486 e. The van der Waals surface area contributed by atoms with Crippen LogP contribution >= 0.6 is 0 Å². The first kappa shape index (κ1) is 25.2. The second-order valence-electron chi connectivity index (χ2n) is 9.73. The smallest absolute Gasteiger partial charge is 0.313 e. The third-order valence-electron chi connectivity index (χ3n) is 7.20. The fourth-order valence-electron chi connectivity index (χ4n) is 5.43. The van der Waals surface area contributed by atoms with Crippen molar-refractivity contribution in [3.8, 4) is 22.6 Å². The third kappa shape index (κ3) is 4.53. The van der Waals surface area contributed by atoms with Gasteiger partial charge < -0.3 is 19.9 Å². The molecule has 8 heteroatoms. The van der Waals surface area contributed by atoms with Gasteiger partial charge in [0.05, 0.1) is 6.04 Å². The molecular formula is C32H26N2O6. The number of anilines is 2. The molecule has 0 unspecified atom stereocenters. The zero-order valence-electron chi connectivity index (χ0n) is 21.7. The van der Waals surface area contributed by atoms with Gasteiger partial charge in [-0.3, -0.25) is 19.3 Å². The molecule has 2 aliphatic rings. The zero-order chi connectivity index (χ0) is 27.8. The van der Waals surface area contributed by atoms with E-state index in [2.05, 4.69) is 5.32 Å². The summed E-state index contributed by atoms with van der Waals surface area (Å²) in [5.41, 5.74) is 4.60. The fraction of sp³-hybridized carbons (Fsp3) is 0.156. The Bertz CT molecular complexity index is 1610. The summed E-state index contributed by atoms with van der Waals surface area (Å²) in [5.74, 6) is -1.34. The summed E-state index contributed by atoms with van der Waals surface area (Å²) in [6, 6.07) is 26.3. The first-order chi connectivity index (χ1) is 19.4. The van der Waals surface area contributed by atoms with Crippen LogP contribution in [0, 0.1) is 0 Å². The molecule has 0 saturated carbocycles. The maximum absolute atomic E-state index is 14.0. The van der Waals surface area contributed by atoms with Crippen LogP contribution in [0.2, 0.25) is 0 Å². The number of carbonyl (C=O) groups excluding carboxylic acids is 2. The number of hydrogen-bond donors (Lipinski definition) is 2. The number of nitrogens with one attached hydrogen (secondary N) is 1. The van der Waals surface area contributed by atoms with Crippen molar-refractivity contribution in [1.29, 1.82) is 0 Å². The van der Waals surface area contributed by atoms with Gasteiger partial charge in [-0.1, -0.05) is 48.5 Å². The van der Waals surface area contributed by atoms with Crippen LogP contribution in [0.25, 0.3) is 11.1 Å². The summed E-state index contributed by atoms with van der Waals surface area (Å²) in [7, 11) is 0. The lowest BCUT2D eigenvalue weighted by atomic mass is 9.79. The Morgan fingerprint density at radius 3 is 2.17 bits per heavy atom. The van der Waals surface area contributed by atoms with E-state index in [1.807, 2.05) is 48.5 Å². The quantitative estimate of drug-likeness (QED) is 0.343. The standard InChI is InChI=1S/C32H26N2O6/c1-19(35)33-23-11-6-20(7-12-23)21-8-13-24(14-9-21)34-30(22-10-15-27-28(18-22)40-17-16-39-27)29(32(37)38)25-4-2-3-5-26(25)31(34)36/h2-15,18,29-30H,16-17H2,1H3,(H,33,35)(H,37,38)/t29-,30+/m1/s1. The number of benzene rings is 4. The Morgan fingerprint density at radius 2 is 1.50 bits per heavy atom. The number of rotatable bonds is 5. The molecular weight excluding hydrogens is 508 g/mol. The van der Waals surface area contributed by atoms with E-state index in [9.17, 15) is 19.5 Å². The van der Waals surface area contributed by atoms with Crippen molar-refractivity contribution in [2.45, 2.75) is 18.9 Å². The van der Waals surface area contributed by atoms with Crippen molar-refractivity contribution in [1.82, 2.24) is 0 Å². The summed E-state index contributed by atoms with van der Waals surface area (Å²) in [6.07, 6.45) is 0. The average Bonchev–Trinajstić information content (AvgIpc) is 2.97. The normalized spacial score (nSPS) is 17.6. The lowest BCUT2D eigenvalue weighted by molar-refractivity contribution is -0.139. The number of carbonyl (C=O) groups is 3. The highest BCUT2D eigenvalue weighted by molar-refractivity contribution is 6.11. The molecule has 4 aromatic carbocycles. The van der Waals surface area contributed by atoms with E-state index in [0.29, 0.717) is 52.8 Å². The largest absolute Gasteiger partial charge is 0.486 e. The van der Waals surface area contributed by atoms with E-state index < -0.39 is 17.9 Å². The van der Waals surface area contributed by atoms with Gasteiger partial charge in [0.2, 0.25) is 5.91 Å². The van der Waals surface area contributed by atoms with Crippen LogP contribution in [0.1, 0.15) is 40.4 Å². The van der Waals surface area contributed by atoms with Crippen molar-refractivity contribution in [2.75, 3.05) is 23.4 Å². The van der Waals surface area contributed by atoms with Crippen molar-refractivity contribution in [3.63, 3.8) is 0 Å². The molecule has 4 aromatic rings. The predicted molar refractivity (Wildman–Crippen MR) is 150 cm³/mol. The van der Waals surface area contributed by atoms with Crippen molar-refractivity contribution in [3.05, 3.63) is 108 Å². The van der Waals surface area contributed by atoms with Crippen molar-refractivity contribution >= 4 is 29.2 Å². The molecule has 8 nitrogen and oxygen atoms in total. The highest BCUT2D eigenvalue weighted by Crippen LogP contribution is 2.47. The Hall–Kier alpha value is -5.11. The van der Waals surface area contributed by atoms with E-state index in [4.69, 9.17) is 9.47 Å². The summed E-state index contributed by atoms with van der Waals surface area (Å²) >= 11 is 0. The molecule has 2 amide bonds. The Morgan fingerprint density at radius 1 is 0.850 bits per heavy atom.